The molecule has 2 aliphatic heterocycles. The molecule has 116 valence electrons. The molecule has 0 amide bonds. The van der Waals surface area contributed by atoms with Gasteiger partial charge in [0.2, 0.25) is 0 Å². The predicted molar refractivity (Wildman–Crippen MR) is 85.4 cm³/mol. The molecule has 0 saturated carbocycles. The molecule has 0 bridgehead atoms. The van der Waals surface area contributed by atoms with E-state index in [1.165, 1.54) is 25.6 Å². The summed E-state index contributed by atoms with van der Waals surface area (Å²) in [5.41, 5.74) is 7.41. The lowest BCUT2D eigenvalue weighted by Gasteiger charge is -2.44. The van der Waals surface area contributed by atoms with E-state index in [1.807, 2.05) is 6.07 Å². The monoisotopic (exact) mass is 309 g/mol. The first kappa shape index (κ1) is 14.7. The van der Waals surface area contributed by atoms with Crippen LogP contribution >= 0.6 is 0 Å². The molecular formula is C15H23N3O2S. The Morgan fingerprint density at radius 3 is 2.76 bits per heavy atom. The number of hydrogen-bond donors (Lipinski definition) is 1. The van der Waals surface area contributed by atoms with Gasteiger partial charge >= 0.3 is 0 Å². The van der Waals surface area contributed by atoms with E-state index in [-0.39, 0.29) is 4.90 Å². The van der Waals surface area contributed by atoms with Crippen molar-refractivity contribution in [2.24, 2.45) is 0 Å². The number of piperazine rings is 1. The Morgan fingerprint density at radius 2 is 2.05 bits per heavy atom. The van der Waals surface area contributed by atoms with Crippen molar-refractivity contribution in [3.05, 3.63) is 18.2 Å². The second-order valence-corrected chi connectivity index (χ2v) is 8.24. The lowest BCUT2D eigenvalue weighted by atomic mass is 10.1. The maximum Gasteiger partial charge on any atom is 0.177 e. The molecular weight excluding hydrogens is 286 g/mol. The number of sulfone groups is 1. The van der Waals surface area contributed by atoms with Gasteiger partial charge in [0, 0.05) is 31.4 Å². The van der Waals surface area contributed by atoms with Crippen LogP contribution in [0.5, 0.6) is 0 Å². The number of fused-ring (bicyclic) bond motifs is 1. The molecule has 21 heavy (non-hydrogen) atoms. The average Bonchev–Trinajstić information content (AvgIpc) is 2.84. The fourth-order valence-corrected chi connectivity index (χ4v) is 4.46. The van der Waals surface area contributed by atoms with Crippen LogP contribution < -0.4 is 10.6 Å². The molecule has 0 aromatic heterocycles. The third kappa shape index (κ3) is 2.62. The Bertz CT molecular complexity index is 644. The van der Waals surface area contributed by atoms with Crippen LogP contribution in [0.1, 0.15) is 19.8 Å². The van der Waals surface area contributed by atoms with Crippen molar-refractivity contribution in [1.82, 2.24) is 4.90 Å². The molecule has 2 aliphatic rings. The molecule has 3 rings (SSSR count). The highest BCUT2D eigenvalue weighted by molar-refractivity contribution is 7.90. The Morgan fingerprint density at radius 1 is 1.29 bits per heavy atom. The van der Waals surface area contributed by atoms with Crippen LogP contribution in [0.3, 0.4) is 0 Å². The second-order valence-electron chi connectivity index (χ2n) is 6.25. The maximum atomic E-state index is 11.8. The number of para-hydroxylation sites is 1. The van der Waals surface area contributed by atoms with Gasteiger partial charge in [0.25, 0.3) is 0 Å². The third-order valence-corrected chi connectivity index (χ3v) is 5.84. The highest BCUT2D eigenvalue weighted by atomic mass is 32.2. The van der Waals surface area contributed by atoms with Crippen LogP contribution in [0.2, 0.25) is 0 Å². The third-order valence-electron chi connectivity index (χ3n) is 4.69. The Hall–Kier alpha value is -1.27. The summed E-state index contributed by atoms with van der Waals surface area (Å²) in [6.07, 6.45) is 3.68. The SMILES string of the molecule is CC1CN2CCCC2CN1c1cccc(S(C)(=O)=O)c1N. The highest BCUT2D eigenvalue weighted by Crippen LogP contribution is 2.34. The quantitative estimate of drug-likeness (QED) is 0.835. The lowest BCUT2D eigenvalue weighted by molar-refractivity contribution is 0.203. The topological polar surface area (TPSA) is 66.6 Å². The first-order chi connectivity index (χ1) is 9.88. The van der Waals surface area contributed by atoms with Gasteiger partial charge < -0.3 is 10.6 Å². The van der Waals surface area contributed by atoms with E-state index in [0.29, 0.717) is 17.8 Å². The molecule has 6 heteroatoms. The normalized spacial score (nSPS) is 26.9. The van der Waals surface area contributed by atoms with E-state index in [1.54, 1.807) is 12.1 Å². The molecule has 0 radical (unpaired) electrons. The van der Waals surface area contributed by atoms with E-state index >= 15 is 0 Å². The summed E-state index contributed by atoms with van der Waals surface area (Å²) in [5.74, 6) is 0. The maximum absolute atomic E-state index is 11.8. The molecule has 2 atom stereocenters. The van der Waals surface area contributed by atoms with E-state index in [9.17, 15) is 8.42 Å². The minimum atomic E-state index is -3.29. The van der Waals surface area contributed by atoms with Crippen LogP contribution in [-0.2, 0) is 9.84 Å². The van der Waals surface area contributed by atoms with Crippen molar-refractivity contribution in [3.63, 3.8) is 0 Å². The predicted octanol–water partition coefficient (Wildman–Crippen LogP) is 1.35. The number of nitrogens with zero attached hydrogens (tertiary/aromatic N) is 2. The van der Waals surface area contributed by atoms with Crippen LogP contribution in [0.25, 0.3) is 0 Å². The van der Waals surface area contributed by atoms with Gasteiger partial charge in [-0.05, 0) is 38.4 Å². The van der Waals surface area contributed by atoms with Gasteiger partial charge in [-0.2, -0.15) is 0 Å². The van der Waals surface area contributed by atoms with Crippen molar-refractivity contribution in [2.75, 3.05) is 36.5 Å². The summed E-state index contributed by atoms with van der Waals surface area (Å²) in [4.78, 5) is 5.05. The van der Waals surface area contributed by atoms with Gasteiger partial charge in [0.1, 0.15) is 0 Å². The van der Waals surface area contributed by atoms with Gasteiger partial charge in [-0.25, -0.2) is 8.42 Å². The summed E-state index contributed by atoms with van der Waals surface area (Å²) < 4.78 is 23.7. The fraction of sp³-hybridized carbons (Fsp3) is 0.600. The standard InChI is InChI=1S/C15H23N3O2S/c1-11-9-17-8-4-5-12(17)10-18(11)13-6-3-7-14(15(13)16)21(2,19)20/h3,6-7,11-12H,4-5,8-10,16H2,1-2H3. The number of benzene rings is 1. The second kappa shape index (κ2) is 5.18. The Labute approximate surface area is 126 Å². The van der Waals surface area contributed by atoms with E-state index in [2.05, 4.69) is 16.7 Å². The summed E-state index contributed by atoms with van der Waals surface area (Å²) in [6.45, 7) is 5.31. The molecule has 1 aromatic rings. The van der Waals surface area contributed by atoms with Crippen molar-refractivity contribution in [1.29, 1.82) is 0 Å². The van der Waals surface area contributed by atoms with Crippen molar-refractivity contribution >= 4 is 21.2 Å². The van der Waals surface area contributed by atoms with E-state index in [4.69, 9.17) is 5.73 Å². The number of rotatable bonds is 2. The Kier molecular flexibility index (Phi) is 3.61. The van der Waals surface area contributed by atoms with Crippen molar-refractivity contribution in [2.45, 2.75) is 36.7 Å². The number of nitrogen functional groups attached to an aromatic ring is 1. The molecule has 0 spiro atoms. The molecule has 2 unspecified atom stereocenters. The smallest absolute Gasteiger partial charge is 0.177 e. The molecule has 2 fully saturated rings. The molecule has 2 N–H and O–H groups in total. The van der Waals surface area contributed by atoms with E-state index in [0.717, 1.165) is 18.8 Å². The fourth-order valence-electron chi connectivity index (χ4n) is 3.63. The largest absolute Gasteiger partial charge is 0.396 e. The van der Waals surface area contributed by atoms with Crippen LogP contribution in [0.4, 0.5) is 11.4 Å². The molecule has 5 nitrogen and oxygen atoms in total. The van der Waals surface area contributed by atoms with E-state index < -0.39 is 9.84 Å². The number of nitrogens with two attached hydrogens (primary N) is 1. The molecule has 2 saturated heterocycles. The number of hydrogen-bond acceptors (Lipinski definition) is 5. The van der Waals surface area contributed by atoms with Gasteiger partial charge in [0.15, 0.2) is 9.84 Å². The molecule has 0 aliphatic carbocycles. The van der Waals surface area contributed by atoms with Crippen molar-refractivity contribution < 1.29 is 8.42 Å². The zero-order valence-electron chi connectivity index (χ0n) is 12.6. The summed E-state index contributed by atoms with van der Waals surface area (Å²) in [7, 11) is -3.29. The molecule has 2 heterocycles. The van der Waals surface area contributed by atoms with Gasteiger partial charge in [-0.1, -0.05) is 6.07 Å². The lowest BCUT2D eigenvalue weighted by Crippen LogP contribution is -2.55. The average molecular weight is 309 g/mol. The summed E-state index contributed by atoms with van der Waals surface area (Å²) in [5, 5.41) is 0. The first-order valence-electron chi connectivity index (χ1n) is 7.47. The van der Waals surface area contributed by atoms with Crippen molar-refractivity contribution in [3.8, 4) is 0 Å². The zero-order valence-corrected chi connectivity index (χ0v) is 13.4. The van der Waals surface area contributed by atoms with Crippen LogP contribution in [0, 0.1) is 0 Å². The Balaban J connectivity index is 1.97. The van der Waals surface area contributed by atoms with Crippen LogP contribution in [-0.4, -0.2) is 51.3 Å². The summed E-state index contributed by atoms with van der Waals surface area (Å²) >= 11 is 0. The minimum Gasteiger partial charge on any atom is -0.396 e. The van der Waals surface area contributed by atoms with Gasteiger partial charge in [0.05, 0.1) is 16.3 Å². The number of anilines is 2. The van der Waals surface area contributed by atoms with Crippen LogP contribution in [0.15, 0.2) is 23.1 Å². The molecule has 1 aromatic carbocycles. The summed E-state index contributed by atoms with van der Waals surface area (Å²) in [6, 6.07) is 6.23. The zero-order chi connectivity index (χ0) is 15.2. The minimum absolute atomic E-state index is 0.237. The van der Waals surface area contributed by atoms with Gasteiger partial charge in [-0.15, -0.1) is 0 Å². The van der Waals surface area contributed by atoms with Gasteiger partial charge in [-0.3, -0.25) is 4.90 Å². The highest BCUT2D eigenvalue weighted by Gasteiger charge is 2.35. The first-order valence-corrected chi connectivity index (χ1v) is 9.36.